The van der Waals surface area contributed by atoms with Crippen LogP contribution in [0.5, 0.6) is 0 Å². The van der Waals surface area contributed by atoms with Crippen molar-refractivity contribution in [2.75, 3.05) is 33.7 Å². The van der Waals surface area contributed by atoms with E-state index < -0.39 is 5.60 Å². The largest absolute Gasteiger partial charge is 0.388 e. The summed E-state index contributed by atoms with van der Waals surface area (Å²) in [7, 11) is 3.93. The zero-order chi connectivity index (χ0) is 15.5. The van der Waals surface area contributed by atoms with Crippen LogP contribution in [0.1, 0.15) is 44.9 Å². The summed E-state index contributed by atoms with van der Waals surface area (Å²) in [5.74, 6) is 0.447. The number of amides is 1. The smallest absolute Gasteiger partial charge is 0.239 e. The molecule has 2 fully saturated rings. The number of hydrogen-bond acceptors (Lipinski definition) is 4. The summed E-state index contributed by atoms with van der Waals surface area (Å²) < 4.78 is 0. The fraction of sp³-hybridized carbons (Fsp3) is 0.938. The predicted octanol–water partition coefficient (Wildman–Crippen LogP) is 0.809. The van der Waals surface area contributed by atoms with Gasteiger partial charge in [-0.1, -0.05) is 19.3 Å². The molecule has 5 heteroatoms. The number of piperidine rings is 1. The molecular weight excluding hydrogens is 266 g/mol. The molecule has 21 heavy (non-hydrogen) atoms. The Morgan fingerprint density at radius 3 is 2.38 bits per heavy atom. The van der Waals surface area contributed by atoms with Gasteiger partial charge in [0.25, 0.3) is 0 Å². The van der Waals surface area contributed by atoms with Gasteiger partial charge < -0.3 is 20.6 Å². The van der Waals surface area contributed by atoms with Crippen LogP contribution < -0.4 is 5.73 Å². The summed E-state index contributed by atoms with van der Waals surface area (Å²) in [5, 5.41) is 10.5. The molecule has 0 aromatic heterocycles. The second-order valence-electron chi connectivity index (χ2n) is 7.21. The van der Waals surface area contributed by atoms with Gasteiger partial charge in [-0.25, -0.2) is 0 Å². The molecule has 1 atom stereocenters. The number of nitrogens with two attached hydrogens (primary N) is 1. The van der Waals surface area contributed by atoms with Crippen LogP contribution in [0.4, 0.5) is 0 Å². The van der Waals surface area contributed by atoms with Gasteiger partial charge in [-0.2, -0.15) is 0 Å². The molecule has 1 amide bonds. The van der Waals surface area contributed by atoms with Crippen LogP contribution in [0, 0.1) is 5.92 Å². The molecule has 1 aliphatic heterocycles. The first-order valence-corrected chi connectivity index (χ1v) is 8.33. The van der Waals surface area contributed by atoms with Gasteiger partial charge in [0.15, 0.2) is 0 Å². The minimum absolute atomic E-state index is 0.0915. The van der Waals surface area contributed by atoms with E-state index in [-0.39, 0.29) is 11.9 Å². The van der Waals surface area contributed by atoms with Gasteiger partial charge in [0.1, 0.15) is 0 Å². The molecule has 0 spiro atoms. The number of rotatable bonds is 4. The lowest BCUT2D eigenvalue weighted by Gasteiger charge is -2.41. The Morgan fingerprint density at radius 2 is 1.86 bits per heavy atom. The van der Waals surface area contributed by atoms with Crippen molar-refractivity contribution in [2.24, 2.45) is 11.7 Å². The van der Waals surface area contributed by atoms with Crippen molar-refractivity contribution in [2.45, 2.75) is 56.6 Å². The Bertz CT molecular complexity index is 345. The molecule has 0 aromatic rings. The maximum Gasteiger partial charge on any atom is 0.239 e. The maximum atomic E-state index is 12.5. The Kier molecular flexibility index (Phi) is 5.63. The highest BCUT2D eigenvalue weighted by molar-refractivity contribution is 5.82. The summed E-state index contributed by atoms with van der Waals surface area (Å²) >= 11 is 0. The molecule has 0 bridgehead atoms. The SMILES string of the molecule is CN(C)CC1(O)CCN(C(=O)[C@@H](N)C2CCCCC2)CC1. The number of carbonyl (C=O) groups is 1. The number of hydrogen-bond donors (Lipinski definition) is 2. The van der Waals surface area contributed by atoms with Gasteiger partial charge in [0.2, 0.25) is 5.91 Å². The van der Waals surface area contributed by atoms with Crippen molar-refractivity contribution < 1.29 is 9.90 Å². The lowest BCUT2D eigenvalue weighted by molar-refractivity contribution is -0.138. The van der Waals surface area contributed by atoms with Crippen LogP contribution in [0.2, 0.25) is 0 Å². The number of aliphatic hydroxyl groups is 1. The van der Waals surface area contributed by atoms with E-state index in [9.17, 15) is 9.90 Å². The maximum absolute atomic E-state index is 12.5. The summed E-state index contributed by atoms with van der Waals surface area (Å²) in [6.07, 6.45) is 7.15. The van der Waals surface area contributed by atoms with Crippen molar-refractivity contribution in [3.05, 3.63) is 0 Å². The molecule has 2 aliphatic rings. The second-order valence-corrected chi connectivity index (χ2v) is 7.21. The molecule has 3 N–H and O–H groups in total. The molecule has 1 saturated heterocycles. The lowest BCUT2D eigenvalue weighted by Crippen LogP contribution is -2.55. The van der Waals surface area contributed by atoms with E-state index in [1.807, 2.05) is 23.9 Å². The first kappa shape index (κ1) is 16.7. The Balaban J connectivity index is 1.84. The molecule has 1 heterocycles. The monoisotopic (exact) mass is 297 g/mol. The summed E-state index contributed by atoms with van der Waals surface area (Å²) in [6.45, 7) is 1.91. The summed E-state index contributed by atoms with van der Waals surface area (Å²) in [6, 6.07) is -0.342. The van der Waals surface area contributed by atoms with Crippen LogP contribution >= 0.6 is 0 Å². The molecule has 122 valence electrons. The molecule has 0 unspecified atom stereocenters. The quantitative estimate of drug-likeness (QED) is 0.805. The Hall–Kier alpha value is -0.650. The number of nitrogens with zero attached hydrogens (tertiary/aromatic N) is 2. The molecule has 0 aromatic carbocycles. The van der Waals surface area contributed by atoms with Gasteiger partial charge in [-0.3, -0.25) is 4.79 Å². The van der Waals surface area contributed by atoms with Gasteiger partial charge in [-0.05, 0) is 45.7 Å². The zero-order valence-electron chi connectivity index (χ0n) is 13.6. The van der Waals surface area contributed by atoms with E-state index in [0.29, 0.717) is 38.4 Å². The normalized spacial score (nSPS) is 25.1. The van der Waals surface area contributed by atoms with Crippen LogP contribution in [-0.4, -0.2) is 66.2 Å². The fourth-order valence-electron chi connectivity index (χ4n) is 3.80. The molecule has 1 aliphatic carbocycles. The van der Waals surface area contributed by atoms with Crippen molar-refractivity contribution in [3.8, 4) is 0 Å². The average molecular weight is 297 g/mol. The highest BCUT2D eigenvalue weighted by Gasteiger charge is 2.37. The molecule has 2 rings (SSSR count). The standard InChI is InChI=1S/C16H31N3O2/c1-18(2)12-16(21)8-10-19(11-9-16)15(20)14(17)13-6-4-3-5-7-13/h13-14,21H,3-12,17H2,1-2H3/t14-/m0/s1. The Labute approximate surface area is 128 Å². The summed E-state index contributed by atoms with van der Waals surface area (Å²) in [5.41, 5.74) is 5.55. The molecule has 0 radical (unpaired) electrons. The van der Waals surface area contributed by atoms with Gasteiger partial charge in [0, 0.05) is 19.6 Å². The van der Waals surface area contributed by atoms with Gasteiger partial charge >= 0.3 is 0 Å². The van der Waals surface area contributed by atoms with E-state index in [0.717, 1.165) is 12.8 Å². The van der Waals surface area contributed by atoms with Crippen LogP contribution in [0.15, 0.2) is 0 Å². The third kappa shape index (κ3) is 4.41. The molecule has 1 saturated carbocycles. The first-order valence-electron chi connectivity index (χ1n) is 8.33. The van der Waals surface area contributed by atoms with Gasteiger partial charge in [0.05, 0.1) is 11.6 Å². The minimum Gasteiger partial charge on any atom is -0.388 e. The van der Waals surface area contributed by atoms with Gasteiger partial charge in [-0.15, -0.1) is 0 Å². The predicted molar refractivity (Wildman–Crippen MR) is 83.9 cm³/mol. The topological polar surface area (TPSA) is 69.8 Å². The van der Waals surface area contributed by atoms with Crippen LogP contribution in [0.3, 0.4) is 0 Å². The van der Waals surface area contributed by atoms with Crippen LogP contribution in [0.25, 0.3) is 0 Å². The average Bonchev–Trinajstić information content (AvgIpc) is 2.46. The summed E-state index contributed by atoms with van der Waals surface area (Å²) in [4.78, 5) is 16.4. The molecular formula is C16H31N3O2. The highest BCUT2D eigenvalue weighted by atomic mass is 16.3. The van der Waals surface area contributed by atoms with Crippen molar-refractivity contribution in [3.63, 3.8) is 0 Å². The first-order chi connectivity index (χ1) is 9.91. The zero-order valence-corrected chi connectivity index (χ0v) is 13.6. The number of likely N-dealkylation sites (tertiary alicyclic amines) is 1. The third-order valence-corrected chi connectivity index (χ3v) is 5.06. The van der Waals surface area contributed by atoms with E-state index in [1.165, 1.54) is 19.3 Å². The number of carbonyl (C=O) groups excluding carboxylic acids is 1. The minimum atomic E-state index is -0.658. The van der Waals surface area contributed by atoms with Crippen molar-refractivity contribution in [1.82, 2.24) is 9.80 Å². The van der Waals surface area contributed by atoms with Crippen LogP contribution in [-0.2, 0) is 4.79 Å². The third-order valence-electron chi connectivity index (χ3n) is 5.06. The Morgan fingerprint density at radius 1 is 1.29 bits per heavy atom. The van der Waals surface area contributed by atoms with Crippen molar-refractivity contribution in [1.29, 1.82) is 0 Å². The molecule has 5 nitrogen and oxygen atoms in total. The lowest BCUT2D eigenvalue weighted by atomic mass is 9.83. The number of likely N-dealkylation sites (N-methyl/N-ethyl adjacent to an activating group) is 1. The van der Waals surface area contributed by atoms with E-state index in [2.05, 4.69) is 0 Å². The van der Waals surface area contributed by atoms with E-state index in [4.69, 9.17) is 5.73 Å². The highest BCUT2D eigenvalue weighted by Crippen LogP contribution is 2.28. The second kappa shape index (κ2) is 7.07. The van der Waals surface area contributed by atoms with Crippen molar-refractivity contribution >= 4 is 5.91 Å². The fourth-order valence-corrected chi connectivity index (χ4v) is 3.80. The van der Waals surface area contributed by atoms with E-state index >= 15 is 0 Å². The van der Waals surface area contributed by atoms with E-state index in [1.54, 1.807) is 0 Å².